The number of nitrogens with one attached hydrogen (secondary N) is 1. The molecule has 12 heteroatoms. The van der Waals surface area contributed by atoms with Crippen molar-refractivity contribution in [2.45, 2.75) is 39.7 Å². The van der Waals surface area contributed by atoms with Gasteiger partial charge in [-0.15, -0.1) is 0 Å². The molecular weight excluding hydrogens is 669 g/mol. The van der Waals surface area contributed by atoms with Crippen LogP contribution in [0.3, 0.4) is 0 Å². The first-order chi connectivity index (χ1) is 20.0. The van der Waals surface area contributed by atoms with Crippen LogP contribution in [0.4, 0.5) is 5.69 Å². The second-order valence-corrected chi connectivity index (χ2v) is 14.4. The highest BCUT2D eigenvalue weighted by atomic mass is 127. The summed E-state index contributed by atoms with van der Waals surface area (Å²) in [7, 11) is -3.60. The zero-order valence-electron chi connectivity index (χ0n) is 24.4. The van der Waals surface area contributed by atoms with Crippen LogP contribution in [0.5, 0.6) is 5.75 Å². The molecule has 0 amide bonds. The van der Waals surface area contributed by atoms with Gasteiger partial charge in [-0.2, -0.15) is 14.1 Å². The van der Waals surface area contributed by atoms with Crippen LogP contribution in [0.2, 0.25) is 0 Å². The van der Waals surface area contributed by atoms with Gasteiger partial charge in [0.05, 0.1) is 30.3 Å². The number of nitrogens with zero attached hydrogens (tertiary/aromatic N) is 4. The lowest BCUT2D eigenvalue weighted by atomic mass is 10.2. The third-order valence-electron chi connectivity index (χ3n) is 7.29. The molecule has 0 bridgehead atoms. The van der Waals surface area contributed by atoms with Crippen LogP contribution in [0, 0.1) is 8.99 Å². The van der Waals surface area contributed by atoms with Gasteiger partial charge in [-0.25, -0.2) is 8.42 Å². The van der Waals surface area contributed by atoms with E-state index in [0.717, 1.165) is 16.4 Å². The molecule has 1 atom stereocenters. The number of hydrogen-bond acceptors (Lipinski definition) is 8. The molecule has 1 aromatic heterocycles. The van der Waals surface area contributed by atoms with Crippen molar-refractivity contribution in [1.29, 1.82) is 0 Å². The van der Waals surface area contributed by atoms with Crippen LogP contribution >= 0.6 is 22.6 Å². The highest BCUT2D eigenvalue weighted by Gasteiger charge is 2.39. The van der Waals surface area contributed by atoms with Crippen molar-refractivity contribution >= 4 is 38.3 Å². The van der Waals surface area contributed by atoms with Crippen molar-refractivity contribution in [2.24, 2.45) is 5.41 Å². The number of aliphatic hydroxyl groups excluding tert-OH is 1. The molecule has 2 aliphatic rings. The summed E-state index contributed by atoms with van der Waals surface area (Å²) in [6.07, 6.45) is 12.1. The number of halogens is 1. The molecule has 0 spiro atoms. The Hall–Kier alpha value is -2.68. The van der Waals surface area contributed by atoms with E-state index in [1.54, 1.807) is 37.5 Å². The van der Waals surface area contributed by atoms with Crippen molar-refractivity contribution < 1.29 is 18.3 Å². The van der Waals surface area contributed by atoms with Gasteiger partial charge in [0.15, 0.2) is 0 Å². The van der Waals surface area contributed by atoms with Gasteiger partial charge in [0.1, 0.15) is 5.69 Å². The smallest absolute Gasteiger partial charge is 0.316 e. The van der Waals surface area contributed by atoms with Crippen LogP contribution < -0.4 is 20.5 Å². The molecule has 228 valence electrons. The number of rotatable bonds is 13. The molecule has 2 fully saturated rings. The van der Waals surface area contributed by atoms with E-state index in [2.05, 4.69) is 39.9 Å². The average molecular weight is 710 g/mol. The van der Waals surface area contributed by atoms with Crippen molar-refractivity contribution in [3.63, 3.8) is 0 Å². The Morgan fingerprint density at radius 3 is 2.64 bits per heavy atom. The minimum Gasteiger partial charge on any atom is -0.486 e. The molecule has 10 nitrogen and oxygen atoms in total. The Balaban J connectivity index is 1.50. The molecular formula is C30H40IN5O5S. The van der Waals surface area contributed by atoms with Gasteiger partial charge in [0.2, 0.25) is 15.8 Å². The summed E-state index contributed by atoms with van der Waals surface area (Å²) in [6.45, 7) is 7.87. The maximum absolute atomic E-state index is 13.7. The first-order valence-corrected chi connectivity index (χ1v) is 16.8. The first-order valence-electron chi connectivity index (χ1n) is 14.1. The number of benzene rings is 1. The van der Waals surface area contributed by atoms with Crippen molar-refractivity contribution in [3.8, 4) is 11.4 Å². The third kappa shape index (κ3) is 8.68. The number of sulfonamides is 1. The number of aromatic nitrogens is 2. The summed E-state index contributed by atoms with van der Waals surface area (Å²) < 4.78 is 36.8. The van der Waals surface area contributed by atoms with Gasteiger partial charge in [-0.3, -0.25) is 4.79 Å². The number of hydrogen-bond donors (Lipinski definition) is 2. The highest BCUT2D eigenvalue weighted by molar-refractivity contribution is 14.1. The number of anilines is 1. The van der Waals surface area contributed by atoms with Crippen molar-refractivity contribution in [1.82, 2.24) is 19.4 Å². The summed E-state index contributed by atoms with van der Waals surface area (Å²) in [6, 6.07) is 7.56. The lowest BCUT2D eigenvalue weighted by Gasteiger charge is -2.35. The molecule has 2 heterocycles. The minimum atomic E-state index is -3.60. The van der Waals surface area contributed by atoms with Crippen LogP contribution in [-0.4, -0.2) is 78.8 Å². The zero-order valence-corrected chi connectivity index (χ0v) is 27.3. The Kier molecular flexibility index (Phi) is 10.9. The van der Waals surface area contributed by atoms with Gasteiger partial charge < -0.3 is 20.1 Å². The molecule has 0 radical (unpaired) electrons. The Bertz CT molecular complexity index is 1490. The van der Waals surface area contributed by atoms with Crippen LogP contribution in [0.15, 0.2) is 71.3 Å². The van der Waals surface area contributed by atoms with Crippen LogP contribution in [0.1, 0.15) is 33.6 Å². The van der Waals surface area contributed by atoms with E-state index in [9.17, 15) is 18.3 Å². The number of piperazine rings is 1. The zero-order chi connectivity index (χ0) is 30.3. The third-order valence-corrected chi connectivity index (χ3v) is 9.81. The fraction of sp³-hybridized carbons (Fsp3) is 0.467. The molecule has 2 N–H and O–H groups in total. The summed E-state index contributed by atoms with van der Waals surface area (Å²) in [5, 5.41) is 16.9. The number of allylic oxidation sites excluding steroid dienone is 4. The lowest BCUT2D eigenvalue weighted by molar-refractivity contribution is 0.196. The first kappa shape index (κ1) is 32.2. The van der Waals surface area contributed by atoms with Gasteiger partial charge in [-0.05, 0) is 85.3 Å². The molecule has 4 rings (SSSR count). The molecule has 1 saturated carbocycles. The summed E-state index contributed by atoms with van der Waals surface area (Å²) in [4.78, 5) is 15.6. The average Bonchev–Trinajstić information content (AvgIpc) is 3.69. The molecule has 1 unspecified atom stereocenters. The highest BCUT2D eigenvalue weighted by Crippen LogP contribution is 2.45. The van der Waals surface area contributed by atoms with E-state index in [0.29, 0.717) is 43.2 Å². The topological polar surface area (TPSA) is 117 Å². The summed E-state index contributed by atoms with van der Waals surface area (Å²) in [5.74, 6) is 0.102. The molecule has 1 saturated heterocycles. The normalized spacial score (nSPS) is 18.5. The monoisotopic (exact) mass is 709 g/mol. The summed E-state index contributed by atoms with van der Waals surface area (Å²) >= 11 is 2.20. The Morgan fingerprint density at radius 1 is 1.26 bits per heavy atom. The van der Waals surface area contributed by atoms with Crippen molar-refractivity contribution in [2.75, 3.05) is 50.0 Å². The van der Waals surface area contributed by atoms with E-state index < -0.39 is 16.1 Å². The second kappa shape index (κ2) is 14.2. The predicted molar refractivity (Wildman–Crippen MR) is 175 cm³/mol. The standard InChI is InChI=1S/C30H40IN5O5S/c1-4-5-7-24(10-13-32-19-23(2)37)21-42(39,40)35-16-14-34(15-17-35)27-20-33-36(26-9-6-8-25(31)18-26)29(38)28(27)41-22-30(3)11-12-30/h4-10,13,18,20,23,32,37H,11-12,14-17,19,21-22H2,1-3H3/b5-4-,13-10+,24-7+. The lowest BCUT2D eigenvalue weighted by Crippen LogP contribution is -2.50. The van der Waals surface area contributed by atoms with Gasteiger partial charge >= 0.3 is 5.56 Å². The SMILES string of the molecule is C\C=C/C=C(\C=C\NCC(C)O)CS(=O)(=O)N1CCN(c2cnn(-c3cccc(I)c3)c(=O)c2OCC2(C)CC2)CC1. The van der Waals surface area contributed by atoms with E-state index >= 15 is 0 Å². The van der Waals surface area contributed by atoms with Gasteiger partial charge in [0.25, 0.3) is 0 Å². The fourth-order valence-corrected chi connectivity index (χ4v) is 6.51. The number of aliphatic hydroxyl groups is 1. The van der Waals surface area contributed by atoms with E-state index in [1.807, 2.05) is 42.2 Å². The largest absolute Gasteiger partial charge is 0.486 e. The Labute approximate surface area is 261 Å². The van der Waals surface area contributed by atoms with Gasteiger partial charge in [0, 0.05) is 41.7 Å². The molecule has 2 aromatic rings. The van der Waals surface area contributed by atoms with Crippen LogP contribution in [-0.2, 0) is 10.0 Å². The molecule has 42 heavy (non-hydrogen) atoms. The van der Waals surface area contributed by atoms with E-state index in [4.69, 9.17) is 4.74 Å². The van der Waals surface area contributed by atoms with E-state index in [-0.39, 0.29) is 35.6 Å². The maximum Gasteiger partial charge on any atom is 0.316 e. The number of ether oxygens (including phenoxy) is 1. The maximum atomic E-state index is 13.7. The molecule has 1 aromatic carbocycles. The fourth-order valence-electron chi connectivity index (χ4n) is 4.47. The second-order valence-electron chi connectivity index (χ2n) is 11.2. The van der Waals surface area contributed by atoms with Crippen molar-refractivity contribution in [3.05, 3.63) is 80.5 Å². The van der Waals surface area contributed by atoms with E-state index in [1.165, 1.54) is 8.99 Å². The Morgan fingerprint density at radius 2 is 2.00 bits per heavy atom. The molecule has 1 aliphatic heterocycles. The summed E-state index contributed by atoms with van der Waals surface area (Å²) in [5.41, 5.74) is 1.62. The molecule has 1 aliphatic carbocycles. The minimum absolute atomic E-state index is 0.0746. The van der Waals surface area contributed by atoms with Crippen LogP contribution in [0.25, 0.3) is 5.69 Å². The van der Waals surface area contributed by atoms with Gasteiger partial charge in [-0.1, -0.05) is 31.2 Å². The predicted octanol–water partition coefficient (Wildman–Crippen LogP) is 3.45. The quantitative estimate of drug-likeness (QED) is 0.240.